The van der Waals surface area contributed by atoms with E-state index in [-0.39, 0.29) is 6.04 Å². The molecule has 2 heterocycles. The van der Waals surface area contributed by atoms with Gasteiger partial charge >= 0.3 is 0 Å². The van der Waals surface area contributed by atoms with E-state index in [1.807, 2.05) is 40.0 Å². The number of nitrogens with zero attached hydrogens (tertiary/aromatic N) is 3. The molecule has 1 atom stereocenters. The van der Waals surface area contributed by atoms with Crippen LogP contribution in [0.25, 0.3) is 0 Å². The van der Waals surface area contributed by atoms with Gasteiger partial charge in [0.05, 0.1) is 23.0 Å². The molecule has 0 amide bonds. The number of hydrogen-bond donors (Lipinski definition) is 1. The van der Waals surface area contributed by atoms with Gasteiger partial charge in [0, 0.05) is 16.8 Å². The van der Waals surface area contributed by atoms with Crippen LogP contribution in [-0.2, 0) is 0 Å². The normalized spacial score (nSPS) is 11.9. The fourth-order valence-corrected chi connectivity index (χ4v) is 2.73. The van der Waals surface area contributed by atoms with E-state index in [0.717, 1.165) is 22.1 Å². The molecule has 0 saturated carbocycles. The zero-order valence-corrected chi connectivity index (χ0v) is 12.3. The predicted octanol–water partition coefficient (Wildman–Crippen LogP) is 3.51. The van der Waals surface area contributed by atoms with E-state index < -0.39 is 0 Å². The van der Waals surface area contributed by atoms with E-state index in [2.05, 4.69) is 21.4 Å². The first-order chi connectivity index (χ1) is 9.01. The maximum Gasteiger partial charge on any atom is 0.115 e. The maximum atomic E-state index is 9.23. The van der Waals surface area contributed by atoms with E-state index in [1.54, 1.807) is 11.3 Å². The molecule has 0 aliphatic rings. The summed E-state index contributed by atoms with van der Waals surface area (Å²) in [5.74, 6) is 0. The van der Waals surface area contributed by atoms with Gasteiger partial charge in [0.1, 0.15) is 11.1 Å². The minimum atomic E-state index is 0.0759. The number of nitrogens with one attached hydrogen (secondary N) is 1. The summed E-state index contributed by atoms with van der Waals surface area (Å²) in [5, 5.41) is 13.6. The number of pyridine rings is 1. The Hall–Kier alpha value is -1.93. The summed E-state index contributed by atoms with van der Waals surface area (Å²) in [6.07, 6.45) is 1.87. The third kappa shape index (κ3) is 2.91. The van der Waals surface area contributed by atoms with Crippen LogP contribution in [-0.4, -0.2) is 9.97 Å². The van der Waals surface area contributed by atoms with Crippen LogP contribution in [0.4, 0.5) is 5.69 Å². The van der Waals surface area contributed by atoms with Crippen LogP contribution in [0.2, 0.25) is 0 Å². The molecule has 1 unspecified atom stereocenters. The van der Waals surface area contributed by atoms with Crippen molar-refractivity contribution < 1.29 is 0 Å². The summed E-state index contributed by atoms with van der Waals surface area (Å²) >= 11 is 1.66. The van der Waals surface area contributed by atoms with Gasteiger partial charge in [-0.3, -0.25) is 4.98 Å². The molecule has 98 valence electrons. The molecule has 4 nitrogen and oxygen atoms in total. The molecule has 1 N–H and O–H groups in total. The van der Waals surface area contributed by atoms with Crippen LogP contribution in [0.1, 0.15) is 39.8 Å². The molecule has 0 fully saturated rings. The molecule has 0 aromatic carbocycles. The second-order valence-electron chi connectivity index (χ2n) is 4.56. The molecule has 2 rings (SSSR count). The van der Waals surface area contributed by atoms with E-state index >= 15 is 0 Å². The van der Waals surface area contributed by atoms with Crippen molar-refractivity contribution in [3.63, 3.8) is 0 Å². The highest BCUT2D eigenvalue weighted by molar-refractivity contribution is 7.11. The second-order valence-corrected chi connectivity index (χ2v) is 5.82. The maximum absolute atomic E-state index is 9.23. The number of rotatable bonds is 3. The number of aromatic nitrogens is 2. The Kier molecular flexibility index (Phi) is 3.82. The molecule has 2 aromatic rings. The van der Waals surface area contributed by atoms with E-state index in [0.29, 0.717) is 5.56 Å². The lowest BCUT2D eigenvalue weighted by Gasteiger charge is -2.15. The average Bonchev–Trinajstić information content (AvgIpc) is 2.75. The Labute approximate surface area is 117 Å². The van der Waals surface area contributed by atoms with E-state index in [4.69, 9.17) is 0 Å². The first-order valence-electron chi connectivity index (χ1n) is 6.08. The summed E-state index contributed by atoms with van der Waals surface area (Å²) in [7, 11) is 0. The zero-order valence-electron chi connectivity index (χ0n) is 11.5. The first kappa shape index (κ1) is 13.5. The molecule has 0 aliphatic carbocycles. The van der Waals surface area contributed by atoms with Crippen LogP contribution < -0.4 is 5.32 Å². The third-order valence-corrected chi connectivity index (χ3v) is 3.92. The molecule has 0 radical (unpaired) electrons. The van der Waals surface area contributed by atoms with Crippen molar-refractivity contribution in [1.29, 1.82) is 5.26 Å². The van der Waals surface area contributed by atoms with Crippen LogP contribution in [0, 0.1) is 32.1 Å². The number of aryl methyl sites for hydroxylation is 3. The van der Waals surface area contributed by atoms with Crippen LogP contribution in [0.3, 0.4) is 0 Å². The Morgan fingerprint density at radius 2 is 2.11 bits per heavy atom. The highest BCUT2D eigenvalue weighted by Crippen LogP contribution is 2.26. The largest absolute Gasteiger partial charge is 0.375 e. The zero-order chi connectivity index (χ0) is 14.0. The van der Waals surface area contributed by atoms with Gasteiger partial charge in [-0.1, -0.05) is 0 Å². The Morgan fingerprint density at radius 3 is 2.68 bits per heavy atom. The highest BCUT2D eigenvalue weighted by Gasteiger charge is 2.13. The predicted molar refractivity (Wildman–Crippen MR) is 77.3 cm³/mol. The van der Waals surface area contributed by atoms with E-state index in [1.165, 1.54) is 4.88 Å². The molecule has 0 saturated heterocycles. The lowest BCUT2D eigenvalue weighted by Crippen LogP contribution is -2.09. The molecule has 0 spiro atoms. The molecular formula is C14H16N4S. The van der Waals surface area contributed by atoms with Crippen LogP contribution >= 0.6 is 11.3 Å². The van der Waals surface area contributed by atoms with Crippen molar-refractivity contribution in [3.8, 4) is 6.07 Å². The highest BCUT2D eigenvalue weighted by atomic mass is 32.1. The lowest BCUT2D eigenvalue weighted by molar-refractivity contribution is 0.866. The summed E-state index contributed by atoms with van der Waals surface area (Å²) in [5.41, 5.74) is 3.09. The van der Waals surface area contributed by atoms with Crippen molar-refractivity contribution in [3.05, 3.63) is 39.1 Å². The number of thiazole rings is 1. The second kappa shape index (κ2) is 5.37. The molecule has 0 aliphatic heterocycles. The Bertz CT molecular complexity index is 639. The van der Waals surface area contributed by atoms with Gasteiger partial charge in [0.15, 0.2) is 0 Å². The number of anilines is 1. The Balaban J connectivity index is 2.31. The summed E-state index contributed by atoms with van der Waals surface area (Å²) in [6.45, 7) is 7.87. The SMILES string of the molecule is Cc1cc(NC(C)c2ncc(C)s2)c(C#N)c(C)n1. The van der Waals surface area contributed by atoms with Crippen molar-refractivity contribution in [2.45, 2.75) is 33.7 Å². The fraction of sp³-hybridized carbons (Fsp3) is 0.357. The van der Waals surface area contributed by atoms with Crippen molar-refractivity contribution in [2.24, 2.45) is 0 Å². The van der Waals surface area contributed by atoms with Gasteiger partial charge < -0.3 is 5.32 Å². The monoisotopic (exact) mass is 272 g/mol. The van der Waals surface area contributed by atoms with Gasteiger partial charge in [-0.05, 0) is 33.8 Å². The van der Waals surface area contributed by atoms with Crippen LogP contribution in [0.5, 0.6) is 0 Å². The third-order valence-electron chi connectivity index (χ3n) is 2.82. The molecule has 5 heteroatoms. The average molecular weight is 272 g/mol. The van der Waals surface area contributed by atoms with Crippen LogP contribution in [0.15, 0.2) is 12.3 Å². The molecular weight excluding hydrogens is 256 g/mol. The first-order valence-corrected chi connectivity index (χ1v) is 6.90. The number of nitriles is 1. The van der Waals surface area contributed by atoms with Crippen molar-refractivity contribution in [1.82, 2.24) is 9.97 Å². The van der Waals surface area contributed by atoms with Gasteiger partial charge in [-0.25, -0.2) is 4.98 Å². The lowest BCUT2D eigenvalue weighted by atomic mass is 10.1. The quantitative estimate of drug-likeness (QED) is 0.928. The minimum Gasteiger partial charge on any atom is -0.375 e. The summed E-state index contributed by atoms with van der Waals surface area (Å²) < 4.78 is 0. The summed E-state index contributed by atoms with van der Waals surface area (Å²) in [4.78, 5) is 9.87. The smallest absolute Gasteiger partial charge is 0.115 e. The fourth-order valence-electron chi connectivity index (χ4n) is 1.95. The standard InChI is InChI=1S/C14H16N4S/c1-8-5-13(12(6-15)10(3)17-8)18-11(4)14-16-7-9(2)19-14/h5,7,11H,1-4H3,(H,17,18). The van der Waals surface area contributed by atoms with Gasteiger partial charge in [0.2, 0.25) is 0 Å². The molecule has 0 bridgehead atoms. The van der Waals surface area contributed by atoms with Crippen molar-refractivity contribution in [2.75, 3.05) is 5.32 Å². The topological polar surface area (TPSA) is 61.6 Å². The van der Waals surface area contributed by atoms with Gasteiger partial charge in [0.25, 0.3) is 0 Å². The van der Waals surface area contributed by atoms with Crippen molar-refractivity contribution >= 4 is 17.0 Å². The summed E-state index contributed by atoms with van der Waals surface area (Å²) in [6, 6.07) is 4.19. The molecule has 2 aromatic heterocycles. The number of hydrogen-bond acceptors (Lipinski definition) is 5. The Morgan fingerprint density at radius 1 is 1.37 bits per heavy atom. The minimum absolute atomic E-state index is 0.0759. The van der Waals surface area contributed by atoms with E-state index in [9.17, 15) is 5.26 Å². The van der Waals surface area contributed by atoms with Gasteiger partial charge in [-0.2, -0.15) is 5.26 Å². The van der Waals surface area contributed by atoms with Gasteiger partial charge in [-0.15, -0.1) is 11.3 Å². The molecule has 19 heavy (non-hydrogen) atoms.